The van der Waals surface area contributed by atoms with Gasteiger partial charge in [0.15, 0.2) is 9.84 Å². The molecule has 1 aromatic rings. The van der Waals surface area contributed by atoms with E-state index < -0.39 is 9.84 Å². The van der Waals surface area contributed by atoms with Gasteiger partial charge in [0, 0.05) is 10.5 Å². The summed E-state index contributed by atoms with van der Waals surface area (Å²) in [5.41, 5.74) is 6.13. The molecule has 0 bridgehead atoms. The first-order chi connectivity index (χ1) is 9.40. The van der Waals surface area contributed by atoms with Gasteiger partial charge >= 0.3 is 0 Å². The average molecular weight is 361 g/mol. The minimum Gasteiger partial charge on any atom is -0.398 e. The van der Waals surface area contributed by atoms with Gasteiger partial charge in [0.1, 0.15) is 0 Å². The van der Waals surface area contributed by atoms with Crippen molar-refractivity contribution in [2.75, 3.05) is 25.1 Å². The lowest BCUT2D eigenvalue weighted by Gasteiger charge is -2.32. The number of halogens is 1. The fourth-order valence-corrected chi connectivity index (χ4v) is 4.74. The van der Waals surface area contributed by atoms with Crippen LogP contribution in [0.2, 0.25) is 0 Å². The van der Waals surface area contributed by atoms with Crippen LogP contribution in [0, 0.1) is 0 Å². The van der Waals surface area contributed by atoms with Gasteiger partial charge in [-0.3, -0.25) is 0 Å². The molecular formula is C14H21BrN2O2S. The summed E-state index contributed by atoms with van der Waals surface area (Å²) in [7, 11) is -1.24. The Morgan fingerprint density at radius 2 is 2.15 bits per heavy atom. The van der Waals surface area contributed by atoms with Gasteiger partial charge in [-0.1, -0.05) is 22.4 Å². The molecule has 20 heavy (non-hydrogen) atoms. The topological polar surface area (TPSA) is 63.4 Å². The van der Waals surface area contributed by atoms with Gasteiger partial charge in [-0.15, -0.1) is 0 Å². The molecule has 1 heterocycles. The highest BCUT2D eigenvalue weighted by Crippen LogP contribution is 2.26. The van der Waals surface area contributed by atoms with Crippen LogP contribution in [0.1, 0.15) is 25.7 Å². The predicted molar refractivity (Wildman–Crippen MR) is 85.5 cm³/mol. The van der Waals surface area contributed by atoms with E-state index in [1.165, 1.54) is 12.8 Å². The molecule has 0 amide bonds. The smallest absolute Gasteiger partial charge is 0.180 e. The summed E-state index contributed by atoms with van der Waals surface area (Å²) in [5, 5.41) is 0. The number of nitrogen functional groups attached to an aromatic ring is 1. The van der Waals surface area contributed by atoms with E-state index in [1.54, 1.807) is 18.2 Å². The lowest BCUT2D eigenvalue weighted by molar-refractivity contribution is 0.181. The lowest BCUT2D eigenvalue weighted by atomic mass is 10.0. The summed E-state index contributed by atoms with van der Waals surface area (Å²) in [4.78, 5) is 2.51. The van der Waals surface area contributed by atoms with Gasteiger partial charge in [0.2, 0.25) is 0 Å². The van der Waals surface area contributed by atoms with Crippen LogP contribution in [-0.4, -0.2) is 38.7 Å². The highest BCUT2D eigenvalue weighted by molar-refractivity contribution is 9.10. The quantitative estimate of drug-likeness (QED) is 0.838. The SMILES string of the molecule is CN1CCCCC1CCS(=O)(=O)c1cc(Br)ccc1N. The first-order valence-corrected chi connectivity index (χ1v) is 9.33. The number of likely N-dealkylation sites (tertiary alicyclic amines) is 1. The maximum Gasteiger partial charge on any atom is 0.180 e. The van der Waals surface area contributed by atoms with Crippen LogP contribution in [0.4, 0.5) is 5.69 Å². The highest BCUT2D eigenvalue weighted by atomic mass is 79.9. The van der Waals surface area contributed by atoms with Crippen LogP contribution in [0.3, 0.4) is 0 Å². The number of piperidine rings is 1. The van der Waals surface area contributed by atoms with Gasteiger partial charge in [-0.05, 0) is 51.1 Å². The number of anilines is 1. The molecule has 2 rings (SSSR count). The van der Waals surface area contributed by atoms with E-state index in [9.17, 15) is 8.42 Å². The number of nitrogens with two attached hydrogens (primary N) is 1. The summed E-state index contributed by atoms with van der Waals surface area (Å²) in [6.45, 7) is 1.06. The first kappa shape index (κ1) is 15.8. The molecule has 0 aromatic heterocycles. The molecular weight excluding hydrogens is 340 g/mol. The molecule has 0 spiro atoms. The van der Waals surface area contributed by atoms with Crippen molar-refractivity contribution in [3.8, 4) is 0 Å². The Bertz CT molecular complexity index is 575. The largest absolute Gasteiger partial charge is 0.398 e. The Balaban J connectivity index is 2.09. The number of nitrogens with zero attached hydrogens (tertiary/aromatic N) is 1. The fraction of sp³-hybridized carbons (Fsp3) is 0.571. The van der Waals surface area contributed by atoms with Crippen molar-refractivity contribution in [3.05, 3.63) is 22.7 Å². The Morgan fingerprint density at radius 3 is 2.85 bits per heavy atom. The summed E-state index contributed by atoms with van der Waals surface area (Å²) >= 11 is 3.30. The van der Waals surface area contributed by atoms with E-state index in [0.29, 0.717) is 18.2 Å². The zero-order valence-electron chi connectivity index (χ0n) is 11.7. The zero-order valence-corrected chi connectivity index (χ0v) is 14.1. The van der Waals surface area contributed by atoms with E-state index in [4.69, 9.17) is 5.73 Å². The molecule has 1 aliphatic heterocycles. The monoisotopic (exact) mass is 360 g/mol. The third-order valence-corrected chi connectivity index (χ3v) is 6.24. The minimum atomic E-state index is -3.32. The Labute approximate surface area is 129 Å². The van der Waals surface area contributed by atoms with Crippen molar-refractivity contribution in [1.29, 1.82) is 0 Å². The van der Waals surface area contributed by atoms with Crippen molar-refractivity contribution < 1.29 is 8.42 Å². The molecule has 1 aliphatic rings. The first-order valence-electron chi connectivity index (χ1n) is 6.88. The molecule has 2 N–H and O–H groups in total. The molecule has 1 unspecified atom stereocenters. The number of hydrogen-bond acceptors (Lipinski definition) is 4. The van der Waals surface area contributed by atoms with Crippen molar-refractivity contribution in [3.63, 3.8) is 0 Å². The molecule has 0 radical (unpaired) electrons. The van der Waals surface area contributed by atoms with Crippen LogP contribution in [0.25, 0.3) is 0 Å². The van der Waals surface area contributed by atoms with Gasteiger partial charge in [0.05, 0.1) is 16.3 Å². The van der Waals surface area contributed by atoms with Gasteiger partial charge in [-0.25, -0.2) is 8.42 Å². The van der Waals surface area contributed by atoms with Crippen LogP contribution < -0.4 is 5.73 Å². The molecule has 1 aromatic carbocycles. The normalized spacial score (nSPS) is 21.0. The maximum atomic E-state index is 12.4. The molecule has 6 heteroatoms. The van der Waals surface area contributed by atoms with Gasteiger partial charge in [-0.2, -0.15) is 0 Å². The predicted octanol–water partition coefficient (Wildman–Crippen LogP) is 2.68. The molecule has 4 nitrogen and oxygen atoms in total. The van der Waals surface area contributed by atoms with Crippen molar-refractivity contribution >= 4 is 31.5 Å². The molecule has 0 aliphatic carbocycles. The summed E-state index contributed by atoms with van der Waals surface area (Å²) in [5.74, 6) is 0.155. The van der Waals surface area contributed by atoms with Crippen molar-refractivity contribution in [2.45, 2.75) is 36.6 Å². The summed E-state index contributed by atoms with van der Waals surface area (Å²) in [6.07, 6.45) is 4.15. The van der Waals surface area contributed by atoms with E-state index in [0.717, 1.165) is 17.4 Å². The van der Waals surface area contributed by atoms with E-state index >= 15 is 0 Å². The molecule has 0 saturated carbocycles. The standard InChI is InChI=1S/C14H21BrN2O2S/c1-17-8-3-2-4-12(17)7-9-20(18,19)14-10-11(15)5-6-13(14)16/h5-6,10,12H,2-4,7-9,16H2,1H3. The minimum absolute atomic E-state index is 0.155. The van der Waals surface area contributed by atoms with Crippen molar-refractivity contribution in [2.24, 2.45) is 0 Å². The molecule has 1 fully saturated rings. The third-order valence-electron chi connectivity index (χ3n) is 3.95. The maximum absolute atomic E-state index is 12.4. The number of rotatable bonds is 4. The second-order valence-corrected chi connectivity index (χ2v) is 8.41. The van der Waals surface area contributed by atoms with Crippen LogP contribution in [0.5, 0.6) is 0 Å². The summed E-state index contributed by atoms with van der Waals surface area (Å²) < 4.78 is 25.6. The molecule has 112 valence electrons. The summed E-state index contributed by atoms with van der Waals surface area (Å²) in [6, 6.07) is 5.34. The third kappa shape index (κ3) is 3.74. The lowest BCUT2D eigenvalue weighted by Crippen LogP contribution is -2.37. The second-order valence-electron chi connectivity index (χ2n) is 5.42. The van der Waals surface area contributed by atoms with Crippen LogP contribution in [0.15, 0.2) is 27.6 Å². The van der Waals surface area contributed by atoms with Gasteiger partial charge in [0.25, 0.3) is 0 Å². The van der Waals surface area contributed by atoms with E-state index in [-0.39, 0.29) is 10.6 Å². The Hall–Kier alpha value is -0.590. The number of sulfone groups is 1. The van der Waals surface area contributed by atoms with E-state index in [2.05, 4.69) is 27.9 Å². The second kappa shape index (κ2) is 6.45. The zero-order chi connectivity index (χ0) is 14.8. The molecule has 1 atom stereocenters. The fourth-order valence-electron chi connectivity index (χ4n) is 2.69. The molecule has 1 saturated heterocycles. The highest BCUT2D eigenvalue weighted by Gasteiger charge is 2.24. The average Bonchev–Trinajstić information content (AvgIpc) is 2.40. The van der Waals surface area contributed by atoms with Gasteiger partial charge < -0.3 is 10.6 Å². The van der Waals surface area contributed by atoms with Crippen LogP contribution in [-0.2, 0) is 9.84 Å². The number of benzene rings is 1. The Kier molecular flexibility index (Phi) is 5.09. The van der Waals surface area contributed by atoms with Crippen molar-refractivity contribution in [1.82, 2.24) is 4.90 Å². The Morgan fingerprint density at radius 1 is 1.40 bits per heavy atom. The van der Waals surface area contributed by atoms with Crippen LogP contribution >= 0.6 is 15.9 Å². The van der Waals surface area contributed by atoms with E-state index in [1.807, 2.05) is 0 Å². The number of hydrogen-bond donors (Lipinski definition) is 1.